The summed E-state index contributed by atoms with van der Waals surface area (Å²) in [5, 5.41) is 13.2. The molecule has 1 aromatic heterocycles. The Balaban J connectivity index is 2.12. The van der Waals surface area contributed by atoms with E-state index in [1.54, 1.807) is 6.92 Å². The van der Waals surface area contributed by atoms with Gasteiger partial charge < -0.3 is 15.4 Å². The zero-order valence-electron chi connectivity index (χ0n) is 9.27. The van der Waals surface area contributed by atoms with Crippen LogP contribution in [0.2, 0.25) is 0 Å². The average molecular weight is 211 g/mol. The van der Waals surface area contributed by atoms with Crippen molar-refractivity contribution < 1.29 is 9.63 Å². The molecule has 1 saturated carbocycles. The first-order valence-electron chi connectivity index (χ1n) is 5.19. The van der Waals surface area contributed by atoms with Crippen LogP contribution >= 0.6 is 0 Å². The number of aromatic nitrogens is 2. The molecule has 1 aromatic rings. The fourth-order valence-electron chi connectivity index (χ4n) is 1.64. The second-order valence-electron chi connectivity index (χ2n) is 5.00. The average Bonchev–Trinajstić information content (AvgIpc) is 2.64. The van der Waals surface area contributed by atoms with E-state index in [1.165, 1.54) is 0 Å². The first-order valence-corrected chi connectivity index (χ1v) is 5.19. The molecule has 0 saturated heterocycles. The van der Waals surface area contributed by atoms with Crippen LogP contribution in [0.4, 0.5) is 0 Å². The molecule has 0 spiro atoms. The molecule has 0 bridgehead atoms. The predicted octanol–water partition coefficient (Wildman–Crippen LogP) is 0.964. The van der Waals surface area contributed by atoms with Gasteiger partial charge in [-0.05, 0) is 18.8 Å². The third-order valence-electron chi connectivity index (χ3n) is 3.09. The number of nitrogens with two attached hydrogens (primary N) is 1. The highest BCUT2D eigenvalue weighted by atomic mass is 16.5. The summed E-state index contributed by atoms with van der Waals surface area (Å²) >= 11 is 0. The summed E-state index contributed by atoms with van der Waals surface area (Å²) < 4.78 is 5.04. The van der Waals surface area contributed by atoms with Crippen LogP contribution in [0.3, 0.4) is 0 Å². The Morgan fingerprint density at radius 1 is 1.60 bits per heavy atom. The van der Waals surface area contributed by atoms with Crippen LogP contribution in [0, 0.1) is 5.41 Å². The van der Waals surface area contributed by atoms with Gasteiger partial charge in [-0.25, -0.2) is 0 Å². The molecular formula is C10H17N3O2. The molecule has 1 aliphatic carbocycles. The van der Waals surface area contributed by atoms with Crippen LogP contribution in [0.5, 0.6) is 0 Å². The van der Waals surface area contributed by atoms with Gasteiger partial charge in [-0.15, -0.1) is 0 Å². The molecule has 0 amide bonds. The van der Waals surface area contributed by atoms with Crippen molar-refractivity contribution in [3.8, 4) is 0 Å². The second kappa shape index (κ2) is 3.28. The minimum atomic E-state index is -0.675. The van der Waals surface area contributed by atoms with E-state index in [9.17, 15) is 5.11 Å². The molecular weight excluding hydrogens is 194 g/mol. The van der Waals surface area contributed by atoms with E-state index in [-0.39, 0.29) is 5.41 Å². The van der Waals surface area contributed by atoms with Gasteiger partial charge in [-0.3, -0.25) is 0 Å². The van der Waals surface area contributed by atoms with Crippen molar-refractivity contribution in [2.24, 2.45) is 11.1 Å². The second-order valence-corrected chi connectivity index (χ2v) is 5.00. The van der Waals surface area contributed by atoms with Crippen molar-refractivity contribution in [2.45, 2.75) is 45.3 Å². The monoisotopic (exact) mass is 211 g/mol. The maximum absolute atomic E-state index is 9.29. The highest BCUT2D eigenvalue weighted by molar-refractivity contribution is 5.14. The maximum atomic E-state index is 9.29. The minimum Gasteiger partial charge on any atom is -0.391 e. The van der Waals surface area contributed by atoms with Crippen molar-refractivity contribution in [3.05, 3.63) is 11.7 Å². The molecule has 5 nitrogen and oxygen atoms in total. The lowest BCUT2D eigenvalue weighted by Crippen LogP contribution is -2.23. The van der Waals surface area contributed by atoms with Gasteiger partial charge >= 0.3 is 0 Å². The summed E-state index contributed by atoms with van der Waals surface area (Å²) in [6.45, 7) is 5.94. The van der Waals surface area contributed by atoms with Gasteiger partial charge in [0.2, 0.25) is 5.89 Å². The molecule has 1 fully saturated rings. The zero-order valence-corrected chi connectivity index (χ0v) is 9.27. The van der Waals surface area contributed by atoms with E-state index in [4.69, 9.17) is 10.3 Å². The van der Waals surface area contributed by atoms with E-state index in [1.807, 2.05) is 0 Å². The Kier molecular flexibility index (Phi) is 2.31. The van der Waals surface area contributed by atoms with E-state index >= 15 is 0 Å². The molecule has 5 heteroatoms. The van der Waals surface area contributed by atoms with Crippen LogP contribution in [0.15, 0.2) is 4.52 Å². The number of rotatable bonds is 3. The van der Waals surface area contributed by atoms with Crippen LogP contribution in [-0.2, 0) is 0 Å². The predicted molar refractivity (Wildman–Crippen MR) is 54.0 cm³/mol. The molecule has 1 unspecified atom stereocenters. The third-order valence-corrected chi connectivity index (χ3v) is 3.09. The summed E-state index contributed by atoms with van der Waals surface area (Å²) in [7, 11) is 0. The van der Waals surface area contributed by atoms with Gasteiger partial charge in [-0.2, -0.15) is 4.98 Å². The molecule has 3 N–H and O–H groups in total. The molecule has 1 heterocycles. The van der Waals surface area contributed by atoms with Crippen molar-refractivity contribution >= 4 is 0 Å². The smallest absolute Gasteiger partial charge is 0.246 e. The Labute approximate surface area is 88.7 Å². The first-order chi connectivity index (χ1) is 6.92. The van der Waals surface area contributed by atoms with Crippen molar-refractivity contribution in [1.29, 1.82) is 0 Å². The van der Waals surface area contributed by atoms with Gasteiger partial charge in [-0.1, -0.05) is 19.0 Å². The first kappa shape index (κ1) is 10.6. The Morgan fingerprint density at radius 2 is 2.20 bits per heavy atom. The topological polar surface area (TPSA) is 85.2 Å². The number of nitrogens with zero attached hydrogens (tertiary/aromatic N) is 2. The highest BCUT2D eigenvalue weighted by Gasteiger charge is 2.49. The summed E-state index contributed by atoms with van der Waals surface area (Å²) in [4.78, 5) is 4.23. The highest BCUT2D eigenvalue weighted by Crippen LogP contribution is 2.57. The number of aliphatic hydroxyl groups is 1. The third kappa shape index (κ3) is 1.89. The maximum Gasteiger partial charge on any atom is 0.246 e. The molecule has 1 aliphatic rings. The van der Waals surface area contributed by atoms with Gasteiger partial charge in [0, 0.05) is 5.92 Å². The minimum absolute atomic E-state index is 0.274. The van der Waals surface area contributed by atoms with Crippen molar-refractivity contribution in [1.82, 2.24) is 10.1 Å². The molecule has 0 radical (unpaired) electrons. The van der Waals surface area contributed by atoms with E-state index < -0.39 is 12.1 Å². The Hall–Kier alpha value is -0.940. The van der Waals surface area contributed by atoms with Crippen LogP contribution < -0.4 is 5.73 Å². The van der Waals surface area contributed by atoms with Gasteiger partial charge in [0.1, 0.15) is 6.04 Å². The van der Waals surface area contributed by atoms with Crippen LogP contribution in [0.25, 0.3) is 0 Å². The van der Waals surface area contributed by atoms with Crippen molar-refractivity contribution in [3.63, 3.8) is 0 Å². The van der Waals surface area contributed by atoms with E-state index in [0.29, 0.717) is 17.6 Å². The quantitative estimate of drug-likeness (QED) is 0.778. The van der Waals surface area contributed by atoms with Gasteiger partial charge in [0.25, 0.3) is 0 Å². The Bertz CT molecular complexity index is 343. The SMILES string of the molecule is C[C@@H](O)[C@H](N)c1nc(C2CC2(C)C)no1. The molecule has 3 atom stereocenters. The van der Waals surface area contributed by atoms with Crippen LogP contribution in [0.1, 0.15) is 50.9 Å². The fourth-order valence-corrected chi connectivity index (χ4v) is 1.64. The van der Waals surface area contributed by atoms with E-state index in [0.717, 1.165) is 6.42 Å². The van der Waals surface area contributed by atoms with E-state index in [2.05, 4.69) is 24.0 Å². The number of hydrogen-bond donors (Lipinski definition) is 2. The lowest BCUT2D eigenvalue weighted by atomic mass is 10.1. The van der Waals surface area contributed by atoms with Crippen molar-refractivity contribution in [2.75, 3.05) is 0 Å². The summed E-state index contributed by atoms with van der Waals surface area (Å²) in [6, 6.07) is -0.590. The van der Waals surface area contributed by atoms with Crippen LogP contribution in [-0.4, -0.2) is 21.4 Å². The zero-order chi connectivity index (χ0) is 11.2. The van der Waals surface area contributed by atoms with Gasteiger partial charge in [0.05, 0.1) is 6.10 Å². The lowest BCUT2D eigenvalue weighted by Gasteiger charge is -2.08. The van der Waals surface area contributed by atoms with Gasteiger partial charge in [0.15, 0.2) is 5.82 Å². The normalized spacial score (nSPS) is 27.4. The largest absolute Gasteiger partial charge is 0.391 e. The molecule has 84 valence electrons. The molecule has 15 heavy (non-hydrogen) atoms. The number of hydrogen-bond acceptors (Lipinski definition) is 5. The standard InChI is InChI=1S/C10H17N3O2/c1-5(14)7(11)9-12-8(13-15-9)6-4-10(6,2)3/h5-7,14H,4,11H2,1-3H3/t5-,6?,7+/m1/s1. The molecule has 2 rings (SSSR count). The lowest BCUT2D eigenvalue weighted by molar-refractivity contribution is 0.146. The molecule has 0 aromatic carbocycles. The molecule has 0 aliphatic heterocycles. The Morgan fingerprint density at radius 3 is 2.67 bits per heavy atom. The fraction of sp³-hybridized carbons (Fsp3) is 0.800. The summed E-state index contributed by atoms with van der Waals surface area (Å²) in [5.41, 5.74) is 5.97. The number of aliphatic hydroxyl groups excluding tert-OH is 1. The summed E-state index contributed by atoms with van der Waals surface area (Å²) in [6.07, 6.45) is 0.404. The summed E-state index contributed by atoms with van der Waals surface area (Å²) in [5.74, 6) is 1.41.